The van der Waals surface area contributed by atoms with Crippen LogP contribution >= 0.6 is 11.6 Å². The van der Waals surface area contributed by atoms with E-state index < -0.39 is 11.9 Å². The van der Waals surface area contributed by atoms with Gasteiger partial charge in [0.25, 0.3) is 0 Å². The minimum Gasteiger partial charge on any atom is -0.494 e. The van der Waals surface area contributed by atoms with Gasteiger partial charge in [0.1, 0.15) is 17.7 Å². The monoisotopic (exact) mass is 280 g/mol. The lowest BCUT2D eigenvalue weighted by atomic mass is 10.0. The number of halogens is 2. The first-order chi connectivity index (χ1) is 9.11. The Morgan fingerprint density at radius 1 is 1.26 bits per heavy atom. The van der Waals surface area contributed by atoms with E-state index in [0.29, 0.717) is 28.5 Å². The van der Waals surface area contributed by atoms with Crippen LogP contribution in [0.25, 0.3) is 0 Å². The fourth-order valence-electron chi connectivity index (χ4n) is 1.84. The van der Waals surface area contributed by atoms with Gasteiger partial charge in [0.2, 0.25) is 0 Å². The van der Waals surface area contributed by atoms with Crippen molar-refractivity contribution < 1.29 is 14.2 Å². The van der Waals surface area contributed by atoms with Crippen molar-refractivity contribution in [1.82, 2.24) is 0 Å². The fraction of sp³-hybridized carbons (Fsp3) is 0.200. The van der Waals surface area contributed by atoms with Crippen LogP contribution in [0.3, 0.4) is 0 Å². The summed E-state index contributed by atoms with van der Waals surface area (Å²) in [6, 6.07) is 11.0. The molecule has 1 N–H and O–H groups in total. The highest BCUT2D eigenvalue weighted by Gasteiger charge is 2.15. The molecule has 2 aromatic carbocycles. The smallest absolute Gasteiger partial charge is 0.123 e. The molecule has 19 heavy (non-hydrogen) atoms. The van der Waals surface area contributed by atoms with Gasteiger partial charge in [-0.05, 0) is 42.8 Å². The Bertz CT molecular complexity index is 572. The molecule has 2 aromatic rings. The fourth-order valence-corrected chi connectivity index (χ4v) is 2.07. The highest BCUT2D eigenvalue weighted by Crippen LogP contribution is 2.30. The number of ether oxygens (including phenoxy) is 1. The number of aliphatic hydroxyl groups excluding tert-OH is 1. The molecule has 0 aliphatic heterocycles. The van der Waals surface area contributed by atoms with E-state index in [9.17, 15) is 9.50 Å². The lowest BCUT2D eigenvalue weighted by molar-refractivity contribution is 0.219. The Hall–Kier alpha value is -1.58. The molecule has 4 heteroatoms. The van der Waals surface area contributed by atoms with Crippen molar-refractivity contribution >= 4 is 11.6 Å². The first-order valence-corrected chi connectivity index (χ1v) is 6.35. The van der Waals surface area contributed by atoms with E-state index >= 15 is 0 Å². The largest absolute Gasteiger partial charge is 0.494 e. The maximum Gasteiger partial charge on any atom is 0.123 e. The first kappa shape index (κ1) is 13.8. The van der Waals surface area contributed by atoms with Gasteiger partial charge in [-0.25, -0.2) is 4.39 Å². The van der Waals surface area contributed by atoms with Gasteiger partial charge >= 0.3 is 0 Å². The SMILES string of the molecule is CCOc1cccc(C(O)c2cc(F)ccc2Cl)c1. The number of rotatable bonds is 4. The molecule has 0 aliphatic rings. The third kappa shape index (κ3) is 3.25. The predicted molar refractivity (Wildman–Crippen MR) is 73.1 cm³/mol. The minimum atomic E-state index is -0.983. The Labute approximate surface area is 116 Å². The molecular formula is C15H14ClFO2. The summed E-state index contributed by atoms with van der Waals surface area (Å²) in [7, 11) is 0. The number of hydrogen-bond donors (Lipinski definition) is 1. The zero-order valence-electron chi connectivity index (χ0n) is 10.4. The molecule has 2 nitrogen and oxygen atoms in total. The highest BCUT2D eigenvalue weighted by molar-refractivity contribution is 6.31. The van der Waals surface area contributed by atoms with Crippen LogP contribution in [0.1, 0.15) is 24.2 Å². The third-order valence-electron chi connectivity index (χ3n) is 2.74. The molecule has 100 valence electrons. The molecule has 0 amide bonds. The summed E-state index contributed by atoms with van der Waals surface area (Å²) in [4.78, 5) is 0. The first-order valence-electron chi connectivity index (χ1n) is 5.97. The number of benzene rings is 2. The molecule has 1 atom stereocenters. The van der Waals surface area contributed by atoms with Crippen LogP contribution in [-0.4, -0.2) is 11.7 Å². The van der Waals surface area contributed by atoms with Crippen molar-refractivity contribution in [2.75, 3.05) is 6.61 Å². The standard InChI is InChI=1S/C15H14ClFO2/c1-2-19-12-5-3-4-10(8-12)15(18)13-9-11(17)6-7-14(13)16/h3-9,15,18H,2H2,1H3. The Kier molecular flexibility index (Phi) is 4.40. The van der Waals surface area contributed by atoms with Gasteiger partial charge in [0.15, 0.2) is 0 Å². The summed E-state index contributed by atoms with van der Waals surface area (Å²) >= 11 is 5.98. The molecule has 0 fully saturated rings. The number of hydrogen-bond acceptors (Lipinski definition) is 2. The van der Waals surface area contributed by atoms with Gasteiger partial charge in [-0.15, -0.1) is 0 Å². The molecule has 0 aromatic heterocycles. The molecule has 0 saturated carbocycles. The van der Waals surface area contributed by atoms with Crippen LogP contribution < -0.4 is 4.74 Å². The van der Waals surface area contributed by atoms with Crippen molar-refractivity contribution in [3.8, 4) is 5.75 Å². The van der Waals surface area contributed by atoms with Crippen molar-refractivity contribution in [3.05, 3.63) is 64.4 Å². The normalized spacial score (nSPS) is 12.2. The Morgan fingerprint density at radius 3 is 2.79 bits per heavy atom. The van der Waals surface area contributed by atoms with E-state index in [0.717, 1.165) is 0 Å². The summed E-state index contributed by atoms with van der Waals surface area (Å²) < 4.78 is 18.6. The topological polar surface area (TPSA) is 29.5 Å². The van der Waals surface area contributed by atoms with Crippen LogP contribution in [-0.2, 0) is 0 Å². The van der Waals surface area contributed by atoms with E-state index in [1.54, 1.807) is 24.3 Å². The van der Waals surface area contributed by atoms with Crippen LogP contribution in [0.2, 0.25) is 5.02 Å². The van der Waals surface area contributed by atoms with Crippen molar-refractivity contribution in [1.29, 1.82) is 0 Å². The molecule has 0 heterocycles. The van der Waals surface area contributed by atoms with Crippen molar-refractivity contribution in [3.63, 3.8) is 0 Å². The molecule has 0 aliphatic carbocycles. The van der Waals surface area contributed by atoms with Crippen LogP contribution in [0.5, 0.6) is 5.75 Å². The van der Waals surface area contributed by atoms with Crippen molar-refractivity contribution in [2.45, 2.75) is 13.0 Å². The lowest BCUT2D eigenvalue weighted by Crippen LogP contribution is -2.02. The zero-order valence-corrected chi connectivity index (χ0v) is 11.2. The summed E-state index contributed by atoms with van der Waals surface area (Å²) in [5, 5.41) is 10.6. The second kappa shape index (κ2) is 6.04. The average molecular weight is 281 g/mol. The Balaban J connectivity index is 2.35. The molecule has 0 saturated heterocycles. The van der Waals surface area contributed by atoms with Gasteiger partial charge in [-0.3, -0.25) is 0 Å². The molecule has 2 rings (SSSR count). The maximum absolute atomic E-state index is 13.2. The number of aliphatic hydroxyl groups is 1. The van der Waals surface area contributed by atoms with Crippen LogP contribution in [0.4, 0.5) is 4.39 Å². The van der Waals surface area contributed by atoms with Gasteiger partial charge < -0.3 is 9.84 Å². The molecule has 0 spiro atoms. The second-order valence-corrected chi connectivity index (χ2v) is 4.48. The summed E-state index contributed by atoms with van der Waals surface area (Å²) in [5.74, 6) is 0.228. The van der Waals surface area contributed by atoms with E-state index in [1.165, 1.54) is 18.2 Å². The third-order valence-corrected chi connectivity index (χ3v) is 3.08. The maximum atomic E-state index is 13.2. The summed E-state index contributed by atoms with van der Waals surface area (Å²) in [5.41, 5.74) is 0.953. The Morgan fingerprint density at radius 2 is 2.05 bits per heavy atom. The van der Waals surface area contributed by atoms with E-state index in [-0.39, 0.29) is 0 Å². The highest BCUT2D eigenvalue weighted by atomic mass is 35.5. The minimum absolute atomic E-state index is 0.329. The molecule has 1 unspecified atom stereocenters. The predicted octanol–water partition coefficient (Wildman–Crippen LogP) is 3.96. The van der Waals surface area contributed by atoms with E-state index in [4.69, 9.17) is 16.3 Å². The van der Waals surface area contributed by atoms with Gasteiger partial charge in [0.05, 0.1) is 6.61 Å². The van der Waals surface area contributed by atoms with Gasteiger partial charge in [-0.2, -0.15) is 0 Å². The molecule has 0 bridgehead atoms. The average Bonchev–Trinajstić information content (AvgIpc) is 2.41. The lowest BCUT2D eigenvalue weighted by Gasteiger charge is -2.14. The second-order valence-electron chi connectivity index (χ2n) is 4.07. The van der Waals surface area contributed by atoms with E-state index in [2.05, 4.69) is 0 Å². The van der Waals surface area contributed by atoms with Crippen molar-refractivity contribution in [2.24, 2.45) is 0 Å². The molecule has 0 radical (unpaired) electrons. The molecular weight excluding hydrogens is 267 g/mol. The van der Waals surface area contributed by atoms with Gasteiger partial charge in [-0.1, -0.05) is 23.7 Å². The van der Waals surface area contributed by atoms with Gasteiger partial charge in [0, 0.05) is 10.6 Å². The van der Waals surface area contributed by atoms with Crippen LogP contribution in [0, 0.1) is 5.82 Å². The summed E-state index contributed by atoms with van der Waals surface area (Å²) in [6.45, 7) is 2.42. The van der Waals surface area contributed by atoms with Crippen LogP contribution in [0.15, 0.2) is 42.5 Å². The van der Waals surface area contributed by atoms with E-state index in [1.807, 2.05) is 6.92 Å². The quantitative estimate of drug-likeness (QED) is 0.918. The zero-order chi connectivity index (χ0) is 13.8. The summed E-state index contributed by atoms with van der Waals surface area (Å²) in [6.07, 6.45) is -0.983.